The van der Waals surface area contributed by atoms with E-state index in [0.717, 1.165) is 18.4 Å². The molecule has 44 heavy (non-hydrogen) atoms. The summed E-state index contributed by atoms with van der Waals surface area (Å²) < 4.78 is 33.4. The van der Waals surface area contributed by atoms with E-state index in [1.807, 2.05) is 30.0 Å². The van der Waals surface area contributed by atoms with E-state index in [-0.39, 0.29) is 23.1 Å². The number of aromatic nitrogens is 3. The van der Waals surface area contributed by atoms with Crippen LogP contribution in [0.4, 0.5) is 8.78 Å². The maximum absolute atomic E-state index is 14.6. The SMILES string of the molecule is CCc1ccc(OC)cc1-n1c(CC(C)C)c(C(=O)N2CCC[C@H](C)C2)cc(-c2nc(-c3ccc(C(F)F)nc3)cs2)c1=O. The number of aryl methyl sites for hydroxylation is 1. The number of rotatable bonds is 9. The lowest BCUT2D eigenvalue weighted by Crippen LogP contribution is -2.40. The number of benzene rings is 1. The zero-order chi connectivity index (χ0) is 31.5. The zero-order valence-electron chi connectivity index (χ0n) is 25.8. The molecule has 0 saturated carbocycles. The molecule has 3 aromatic heterocycles. The molecule has 0 bridgehead atoms. The average Bonchev–Trinajstić information content (AvgIpc) is 3.50. The highest BCUT2D eigenvalue weighted by Crippen LogP contribution is 2.32. The third kappa shape index (κ3) is 6.45. The number of piperidine rings is 1. The Hall–Kier alpha value is -3.92. The third-order valence-corrected chi connectivity index (χ3v) is 8.91. The Kier molecular flexibility index (Phi) is 9.58. The fraction of sp³-hybridized carbons (Fsp3) is 0.412. The van der Waals surface area contributed by atoms with Crippen LogP contribution >= 0.6 is 11.3 Å². The van der Waals surface area contributed by atoms with Crippen LogP contribution in [-0.4, -0.2) is 45.5 Å². The first kappa shape index (κ1) is 31.5. The number of hydrogen-bond acceptors (Lipinski definition) is 6. The number of pyridine rings is 2. The maximum Gasteiger partial charge on any atom is 0.280 e. The van der Waals surface area contributed by atoms with Crippen molar-refractivity contribution in [2.24, 2.45) is 11.8 Å². The van der Waals surface area contributed by atoms with Gasteiger partial charge < -0.3 is 9.64 Å². The summed E-state index contributed by atoms with van der Waals surface area (Å²) >= 11 is 1.27. The van der Waals surface area contributed by atoms with Crippen molar-refractivity contribution >= 4 is 17.2 Å². The van der Waals surface area contributed by atoms with Crippen molar-refractivity contribution in [2.75, 3.05) is 20.2 Å². The summed E-state index contributed by atoms with van der Waals surface area (Å²) in [6, 6.07) is 10.2. The molecule has 7 nitrogen and oxygen atoms in total. The molecule has 0 radical (unpaired) electrons. The lowest BCUT2D eigenvalue weighted by Gasteiger charge is -2.32. The lowest BCUT2D eigenvalue weighted by atomic mass is 9.96. The van der Waals surface area contributed by atoms with Crippen LogP contribution in [0.3, 0.4) is 0 Å². The molecule has 0 spiro atoms. The van der Waals surface area contributed by atoms with Gasteiger partial charge in [-0.05, 0) is 67.3 Å². The molecule has 232 valence electrons. The van der Waals surface area contributed by atoms with Gasteiger partial charge in [0.15, 0.2) is 0 Å². The molecular formula is C34H38F2N4O3S. The van der Waals surface area contributed by atoms with Gasteiger partial charge in [0.25, 0.3) is 17.9 Å². The summed E-state index contributed by atoms with van der Waals surface area (Å²) in [6.45, 7) is 9.67. The van der Waals surface area contributed by atoms with E-state index in [1.165, 1.54) is 23.6 Å². The molecule has 1 fully saturated rings. The highest BCUT2D eigenvalue weighted by atomic mass is 32.1. The van der Waals surface area contributed by atoms with Crippen molar-refractivity contribution in [1.29, 1.82) is 0 Å². The Labute approximate surface area is 260 Å². The second-order valence-electron chi connectivity index (χ2n) is 11.8. The topological polar surface area (TPSA) is 77.3 Å². The van der Waals surface area contributed by atoms with E-state index >= 15 is 0 Å². The van der Waals surface area contributed by atoms with Crippen LogP contribution in [0.5, 0.6) is 5.75 Å². The van der Waals surface area contributed by atoms with Crippen molar-refractivity contribution in [3.63, 3.8) is 0 Å². The van der Waals surface area contributed by atoms with Crippen LogP contribution in [0.2, 0.25) is 0 Å². The van der Waals surface area contributed by atoms with Gasteiger partial charge >= 0.3 is 0 Å². The highest BCUT2D eigenvalue weighted by molar-refractivity contribution is 7.13. The zero-order valence-corrected chi connectivity index (χ0v) is 26.6. The summed E-state index contributed by atoms with van der Waals surface area (Å²) in [5, 5.41) is 2.21. The van der Waals surface area contributed by atoms with E-state index in [4.69, 9.17) is 9.72 Å². The first-order valence-corrected chi connectivity index (χ1v) is 15.9. The molecule has 1 saturated heterocycles. The fourth-order valence-electron chi connectivity index (χ4n) is 5.77. The van der Waals surface area contributed by atoms with Crippen molar-refractivity contribution in [3.8, 4) is 33.3 Å². The predicted molar refractivity (Wildman–Crippen MR) is 170 cm³/mol. The first-order chi connectivity index (χ1) is 21.1. The van der Waals surface area contributed by atoms with Crippen LogP contribution in [0.1, 0.15) is 74.3 Å². The summed E-state index contributed by atoms with van der Waals surface area (Å²) in [5.74, 6) is 1.08. The van der Waals surface area contributed by atoms with Gasteiger partial charge in [-0.25, -0.2) is 13.8 Å². The number of hydrogen-bond donors (Lipinski definition) is 0. The van der Waals surface area contributed by atoms with Gasteiger partial charge in [-0.1, -0.05) is 33.8 Å². The molecule has 1 atom stereocenters. The summed E-state index contributed by atoms with van der Waals surface area (Å²) in [7, 11) is 1.59. The number of nitrogens with zero attached hydrogens (tertiary/aromatic N) is 4. The molecule has 0 aliphatic carbocycles. The van der Waals surface area contributed by atoms with Crippen LogP contribution in [0.15, 0.2) is 52.8 Å². The fourth-order valence-corrected chi connectivity index (χ4v) is 6.61. The number of amides is 1. The van der Waals surface area contributed by atoms with Crippen LogP contribution in [0.25, 0.3) is 27.5 Å². The van der Waals surface area contributed by atoms with Gasteiger partial charge in [-0.2, -0.15) is 0 Å². The molecule has 0 unspecified atom stereocenters. The van der Waals surface area contributed by atoms with Crippen molar-refractivity contribution < 1.29 is 18.3 Å². The van der Waals surface area contributed by atoms with Crippen LogP contribution in [0, 0.1) is 11.8 Å². The quantitative estimate of drug-likeness (QED) is 0.193. The minimum absolute atomic E-state index is 0.0910. The molecule has 4 aromatic rings. The van der Waals surface area contributed by atoms with Crippen LogP contribution < -0.4 is 10.3 Å². The molecule has 1 aliphatic heterocycles. The van der Waals surface area contributed by atoms with Crippen molar-refractivity contribution in [3.05, 3.63) is 80.8 Å². The Morgan fingerprint density at radius 3 is 2.61 bits per heavy atom. The standard InChI is InChI=1S/C34H38F2N4O3S/c1-6-22-9-11-24(43-5)15-29(22)40-30(14-20(2)3)25(33(41)39-13-7-8-21(4)18-39)16-26(34(40)42)32-38-28(19-44-32)23-10-12-27(31(35)36)37-17-23/h9-12,15-17,19-21,31H,6-8,13-14,18H2,1-5H3/t21-/m0/s1. The van der Waals surface area contributed by atoms with E-state index in [2.05, 4.69) is 25.8 Å². The van der Waals surface area contributed by atoms with Gasteiger partial charge in [-0.3, -0.25) is 19.1 Å². The highest BCUT2D eigenvalue weighted by Gasteiger charge is 2.29. The second-order valence-corrected chi connectivity index (χ2v) is 12.7. The van der Waals surface area contributed by atoms with Gasteiger partial charge in [0.1, 0.15) is 16.5 Å². The summed E-state index contributed by atoms with van der Waals surface area (Å²) in [4.78, 5) is 39.4. The molecule has 5 rings (SSSR count). The largest absolute Gasteiger partial charge is 0.497 e. The number of methoxy groups -OCH3 is 1. The maximum atomic E-state index is 14.6. The Bertz CT molecular complexity index is 1700. The van der Waals surface area contributed by atoms with E-state index in [1.54, 1.807) is 29.2 Å². The molecule has 1 amide bonds. The van der Waals surface area contributed by atoms with E-state index in [0.29, 0.717) is 76.4 Å². The number of thiazole rings is 1. The second kappa shape index (κ2) is 13.4. The number of carbonyl (C=O) groups is 1. The van der Waals surface area contributed by atoms with E-state index < -0.39 is 6.43 Å². The minimum Gasteiger partial charge on any atom is -0.497 e. The summed E-state index contributed by atoms with van der Waals surface area (Å²) in [5.41, 5.74) is 3.59. The van der Waals surface area contributed by atoms with Gasteiger partial charge in [0.2, 0.25) is 0 Å². The van der Waals surface area contributed by atoms with Crippen molar-refractivity contribution in [1.82, 2.24) is 19.4 Å². The first-order valence-electron chi connectivity index (χ1n) is 15.1. The Morgan fingerprint density at radius 2 is 1.98 bits per heavy atom. The number of likely N-dealkylation sites (tertiary alicyclic amines) is 1. The number of carbonyl (C=O) groups excluding carboxylic acids is 1. The van der Waals surface area contributed by atoms with Crippen LogP contribution in [-0.2, 0) is 12.8 Å². The van der Waals surface area contributed by atoms with Gasteiger partial charge in [0.05, 0.1) is 29.6 Å². The molecule has 10 heteroatoms. The van der Waals surface area contributed by atoms with Gasteiger partial charge in [-0.15, -0.1) is 11.3 Å². The summed E-state index contributed by atoms with van der Waals surface area (Å²) in [6.07, 6.45) is 1.90. The van der Waals surface area contributed by atoms with Crippen molar-refractivity contribution in [2.45, 2.75) is 59.8 Å². The Balaban J connectivity index is 1.75. The van der Waals surface area contributed by atoms with E-state index in [9.17, 15) is 18.4 Å². The minimum atomic E-state index is -2.67. The molecule has 0 N–H and O–H groups in total. The van der Waals surface area contributed by atoms with Gasteiger partial charge in [0, 0.05) is 42.0 Å². The number of ether oxygens (including phenoxy) is 1. The molecular weight excluding hydrogens is 582 g/mol. The predicted octanol–water partition coefficient (Wildman–Crippen LogP) is 7.60. The Morgan fingerprint density at radius 1 is 1.18 bits per heavy atom. The smallest absolute Gasteiger partial charge is 0.280 e. The average molecular weight is 621 g/mol. The third-order valence-electron chi connectivity index (χ3n) is 8.03. The lowest BCUT2D eigenvalue weighted by molar-refractivity contribution is 0.0680. The normalized spacial score (nSPS) is 15.3. The monoisotopic (exact) mass is 620 g/mol. The molecule has 4 heterocycles. The molecule has 1 aromatic carbocycles. The number of alkyl halides is 2. The molecule has 1 aliphatic rings. The number of halogens is 2.